The van der Waals surface area contributed by atoms with Gasteiger partial charge in [0.05, 0.1) is 0 Å². The summed E-state index contributed by atoms with van der Waals surface area (Å²) in [5.74, 6) is 0. The molecular weight excluding hydrogens is 336 g/mol. The first-order valence-corrected chi connectivity index (χ1v) is 8.12. The third kappa shape index (κ3) is 4.58. The molecule has 2 N–H and O–H groups in total. The summed E-state index contributed by atoms with van der Waals surface area (Å²) < 4.78 is 1.00. The molecule has 3 nitrogen and oxygen atoms in total. The lowest BCUT2D eigenvalue weighted by Gasteiger charge is -2.08. The highest BCUT2D eigenvalue weighted by Gasteiger charge is 2.02. The number of benzene rings is 2. The molecule has 20 heavy (non-hydrogen) atoms. The molecule has 0 fully saturated rings. The quantitative estimate of drug-likeness (QED) is 0.797. The van der Waals surface area contributed by atoms with Crippen LogP contribution < -0.4 is 10.6 Å². The summed E-state index contributed by atoms with van der Waals surface area (Å²) in [7, 11) is 0. The van der Waals surface area contributed by atoms with E-state index >= 15 is 0 Å². The minimum Gasteiger partial charge on any atom is -0.334 e. The molecule has 2 aromatic rings. The summed E-state index contributed by atoms with van der Waals surface area (Å²) in [5, 5.41) is 5.63. The standard InChI is InChI=1S/C15H15BrN2OS/c1-20-14-7-5-13(6-8-14)18-15(19)17-10-11-3-2-4-12(16)9-11/h2-9H,10H2,1H3,(H2,17,18,19). The predicted octanol–water partition coefficient (Wildman–Crippen LogP) is 4.49. The van der Waals surface area contributed by atoms with Crippen LogP contribution >= 0.6 is 27.7 Å². The van der Waals surface area contributed by atoms with E-state index in [9.17, 15) is 4.79 Å². The van der Waals surface area contributed by atoms with Crippen molar-refractivity contribution >= 4 is 39.4 Å². The van der Waals surface area contributed by atoms with E-state index in [2.05, 4.69) is 26.6 Å². The fourth-order valence-electron chi connectivity index (χ4n) is 1.68. The van der Waals surface area contributed by atoms with Crippen molar-refractivity contribution in [2.45, 2.75) is 11.4 Å². The van der Waals surface area contributed by atoms with E-state index in [4.69, 9.17) is 0 Å². The van der Waals surface area contributed by atoms with Crippen molar-refractivity contribution in [1.29, 1.82) is 0 Å². The SMILES string of the molecule is CSc1ccc(NC(=O)NCc2cccc(Br)c2)cc1. The van der Waals surface area contributed by atoms with Crippen LogP contribution in [-0.4, -0.2) is 12.3 Å². The van der Waals surface area contributed by atoms with Crippen molar-refractivity contribution in [3.05, 3.63) is 58.6 Å². The Bertz CT molecular complexity index is 587. The molecule has 0 heterocycles. The monoisotopic (exact) mass is 350 g/mol. The molecule has 0 aliphatic rings. The third-order valence-electron chi connectivity index (χ3n) is 2.69. The average Bonchev–Trinajstić information content (AvgIpc) is 2.46. The molecule has 0 aromatic heterocycles. The number of thioether (sulfide) groups is 1. The molecule has 2 amide bonds. The molecule has 0 bridgehead atoms. The van der Waals surface area contributed by atoms with Gasteiger partial charge in [-0.05, 0) is 48.2 Å². The molecule has 104 valence electrons. The number of hydrogen-bond donors (Lipinski definition) is 2. The van der Waals surface area contributed by atoms with E-state index in [0.717, 1.165) is 15.7 Å². The van der Waals surface area contributed by atoms with Gasteiger partial charge in [-0.15, -0.1) is 11.8 Å². The summed E-state index contributed by atoms with van der Waals surface area (Å²) >= 11 is 5.08. The zero-order valence-corrected chi connectivity index (χ0v) is 13.4. The van der Waals surface area contributed by atoms with Gasteiger partial charge in [0.2, 0.25) is 0 Å². The molecule has 2 rings (SSSR count). The number of urea groups is 1. The number of nitrogens with one attached hydrogen (secondary N) is 2. The van der Waals surface area contributed by atoms with Crippen molar-refractivity contribution in [2.75, 3.05) is 11.6 Å². The summed E-state index contributed by atoms with van der Waals surface area (Å²) in [4.78, 5) is 13.0. The Labute approximate surface area is 131 Å². The molecule has 0 unspecified atom stereocenters. The fourth-order valence-corrected chi connectivity index (χ4v) is 2.53. The summed E-state index contributed by atoms with van der Waals surface area (Å²) in [5.41, 5.74) is 1.83. The van der Waals surface area contributed by atoms with Crippen LogP contribution in [0.5, 0.6) is 0 Å². The number of hydrogen-bond acceptors (Lipinski definition) is 2. The van der Waals surface area contributed by atoms with Crippen LogP contribution in [0.2, 0.25) is 0 Å². The van der Waals surface area contributed by atoms with Gasteiger partial charge in [-0.3, -0.25) is 0 Å². The number of halogens is 1. The number of rotatable bonds is 4. The first-order chi connectivity index (χ1) is 9.67. The highest BCUT2D eigenvalue weighted by atomic mass is 79.9. The Hall–Kier alpha value is -1.46. The topological polar surface area (TPSA) is 41.1 Å². The van der Waals surface area contributed by atoms with Gasteiger partial charge in [-0.1, -0.05) is 28.1 Å². The zero-order chi connectivity index (χ0) is 14.4. The maximum atomic E-state index is 11.8. The van der Waals surface area contributed by atoms with E-state index in [1.807, 2.05) is 54.8 Å². The molecule has 0 atom stereocenters. The van der Waals surface area contributed by atoms with Crippen molar-refractivity contribution in [3.63, 3.8) is 0 Å². The van der Waals surface area contributed by atoms with Crippen LogP contribution in [0.3, 0.4) is 0 Å². The number of carbonyl (C=O) groups is 1. The van der Waals surface area contributed by atoms with Crippen LogP contribution in [-0.2, 0) is 6.54 Å². The van der Waals surface area contributed by atoms with Crippen molar-refractivity contribution in [2.24, 2.45) is 0 Å². The van der Waals surface area contributed by atoms with E-state index in [1.165, 1.54) is 4.90 Å². The lowest BCUT2D eigenvalue weighted by atomic mass is 10.2. The Morgan fingerprint density at radius 3 is 2.60 bits per heavy atom. The molecular formula is C15H15BrN2OS. The van der Waals surface area contributed by atoms with Gasteiger partial charge in [0.25, 0.3) is 0 Å². The molecule has 0 spiro atoms. The van der Waals surface area contributed by atoms with Gasteiger partial charge in [-0.2, -0.15) is 0 Å². The minimum atomic E-state index is -0.207. The van der Waals surface area contributed by atoms with E-state index in [0.29, 0.717) is 6.54 Å². The van der Waals surface area contributed by atoms with E-state index in [1.54, 1.807) is 11.8 Å². The highest BCUT2D eigenvalue weighted by Crippen LogP contribution is 2.17. The lowest BCUT2D eigenvalue weighted by Crippen LogP contribution is -2.28. The van der Waals surface area contributed by atoms with Gasteiger partial charge in [0.15, 0.2) is 0 Å². The van der Waals surface area contributed by atoms with Crippen molar-refractivity contribution < 1.29 is 4.79 Å². The Morgan fingerprint density at radius 1 is 1.20 bits per heavy atom. The minimum absolute atomic E-state index is 0.207. The van der Waals surface area contributed by atoms with Gasteiger partial charge in [0.1, 0.15) is 0 Å². The Kier molecular flexibility index (Phi) is 5.49. The van der Waals surface area contributed by atoms with Crippen LogP contribution in [0.1, 0.15) is 5.56 Å². The number of carbonyl (C=O) groups excluding carboxylic acids is 1. The average molecular weight is 351 g/mol. The second-order valence-corrected chi connectivity index (χ2v) is 5.96. The van der Waals surface area contributed by atoms with E-state index < -0.39 is 0 Å². The maximum Gasteiger partial charge on any atom is 0.319 e. The normalized spacial score (nSPS) is 10.1. The smallest absolute Gasteiger partial charge is 0.319 e. The predicted molar refractivity (Wildman–Crippen MR) is 88.2 cm³/mol. The fraction of sp³-hybridized carbons (Fsp3) is 0.133. The van der Waals surface area contributed by atoms with Gasteiger partial charge in [0, 0.05) is 21.6 Å². The summed E-state index contributed by atoms with van der Waals surface area (Å²) in [6, 6.07) is 15.4. The largest absolute Gasteiger partial charge is 0.334 e. The summed E-state index contributed by atoms with van der Waals surface area (Å²) in [6.45, 7) is 0.494. The molecule has 2 aromatic carbocycles. The second-order valence-electron chi connectivity index (χ2n) is 4.17. The Morgan fingerprint density at radius 2 is 1.95 bits per heavy atom. The van der Waals surface area contributed by atoms with E-state index in [-0.39, 0.29) is 6.03 Å². The van der Waals surface area contributed by atoms with Crippen LogP contribution in [0, 0.1) is 0 Å². The molecule has 0 saturated heterocycles. The highest BCUT2D eigenvalue weighted by molar-refractivity contribution is 9.10. The molecule has 0 radical (unpaired) electrons. The molecule has 0 aliphatic heterocycles. The lowest BCUT2D eigenvalue weighted by molar-refractivity contribution is 0.251. The van der Waals surface area contributed by atoms with Crippen molar-refractivity contribution in [1.82, 2.24) is 5.32 Å². The Balaban J connectivity index is 1.85. The molecule has 5 heteroatoms. The van der Waals surface area contributed by atoms with Crippen molar-refractivity contribution in [3.8, 4) is 0 Å². The maximum absolute atomic E-state index is 11.8. The van der Waals surface area contributed by atoms with Gasteiger partial charge < -0.3 is 10.6 Å². The van der Waals surface area contributed by atoms with Crippen LogP contribution in [0.15, 0.2) is 57.9 Å². The first kappa shape index (κ1) is 14.9. The second kappa shape index (κ2) is 7.36. The molecule has 0 aliphatic carbocycles. The number of anilines is 1. The first-order valence-electron chi connectivity index (χ1n) is 6.11. The van der Waals surface area contributed by atoms with Crippen LogP contribution in [0.25, 0.3) is 0 Å². The zero-order valence-electron chi connectivity index (χ0n) is 11.0. The van der Waals surface area contributed by atoms with Crippen LogP contribution in [0.4, 0.5) is 10.5 Å². The summed E-state index contributed by atoms with van der Waals surface area (Å²) in [6.07, 6.45) is 2.02. The number of amides is 2. The molecule has 0 saturated carbocycles. The van der Waals surface area contributed by atoms with Gasteiger partial charge in [-0.25, -0.2) is 4.79 Å². The third-order valence-corrected chi connectivity index (χ3v) is 3.93. The van der Waals surface area contributed by atoms with Gasteiger partial charge >= 0.3 is 6.03 Å².